The van der Waals surface area contributed by atoms with Crippen LogP contribution in [-0.4, -0.2) is 48.8 Å². The molecule has 1 fully saturated rings. The molecule has 2 rings (SSSR count). The first-order valence-electron chi connectivity index (χ1n) is 6.55. The molecule has 1 heterocycles. The highest BCUT2D eigenvalue weighted by molar-refractivity contribution is 5.87. The molecule has 1 unspecified atom stereocenters. The summed E-state index contributed by atoms with van der Waals surface area (Å²) < 4.78 is 5.19. The topological polar surface area (TPSA) is 87.7 Å². The van der Waals surface area contributed by atoms with Gasteiger partial charge in [0.2, 0.25) is 5.91 Å². The highest BCUT2D eigenvalue weighted by atomic mass is 16.5. The van der Waals surface area contributed by atoms with Crippen molar-refractivity contribution in [2.75, 3.05) is 19.8 Å². The second kappa shape index (κ2) is 7.02. The number of carbonyl (C=O) groups excluding carboxylic acids is 1. The zero-order valence-electron chi connectivity index (χ0n) is 11.0. The molecule has 0 aliphatic carbocycles. The predicted molar refractivity (Wildman–Crippen MR) is 72.3 cm³/mol. The van der Waals surface area contributed by atoms with Crippen LogP contribution in [0.1, 0.15) is 5.56 Å². The van der Waals surface area contributed by atoms with Crippen LogP contribution in [0, 0.1) is 0 Å². The van der Waals surface area contributed by atoms with Crippen molar-refractivity contribution >= 4 is 11.9 Å². The Balaban J connectivity index is 1.95. The molecule has 1 aromatic rings. The maximum absolute atomic E-state index is 12.0. The highest BCUT2D eigenvalue weighted by Crippen LogP contribution is 2.04. The molecular weight excluding hydrogens is 260 g/mol. The first kappa shape index (κ1) is 14.5. The monoisotopic (exact) mass is 278 g/mol. The molecule has 1 amide bonds. The fraction of sp³-hybridized carbons (Fsp3) is 0.429. The highest BCUT2D eigenvalue weighted by Gasteiger charge is 2.26. The lowest BCUT2D eigenvalue weighted by molar-refractivity contribution is -0.142. The first-order valence-corrected chi connectivity index (χ1v) is 6.55. The van der Waals surface area contributed by atoms with Gasteiger partial charge in [-0.3, -0.25) is 4.79 Å². The van der Waals surface area contributed by atoms with Gasteiger partial charge in [-0.05, 0) is 5.56 Å². The molecule has 0 aromatic heterocycles. The van der Waals surface area contributed by atoms with E-state index in [1.54, 1.807) is 0 Å². The third-order valence-corrected chi connectivity index (χ3v) is 3.14. The molecular formula is C14H18N2O4. The number of morpholine rings is 1. The van der Waals surface area contributed by atoms with Crippen molar-refractivity contribution in [2.45, 2.75) is 18.5 Å². The van der Waals surface area contributed by atoms with Gasteiger partial charge in [-0.15, -0.1) is 0 Å². The van der Waals surface area contributed by atoms with Gasteiger partial charge < -0.3 is 20.5 Å². The number of aliphatic carboxylic acids is 1. The fourth-order valence-electron chi connectivity index (χ4n) is 2.06. The van der Waals surface area contributed by atoms with Gasteiger partial charge in [0, 0.05) is 13.0 Å². The van der Waals surface area contributed by atoms with Crippen molar-refractivity contribution in [1.29, 1.82) is 0 Å². The van der Waals surface area contributed by atoms with Crippen LogP contribution in [0.15, 0.2) is 30.3 Å². The Bertz CT molecular complexity index is 458. The summed E-state index contributed by atoms with van der Waals surface area (Å²) >= 11 is 0. The standard InChI is InChI=1S/C14H18N2O4/c17-13(12-9-20-7-6-15-12)16-11(14(18)19)8-10-4-2-1-3-5-10/h1-5,11-12,15H,6-9H2,(H,16,17)(H,18,19)/t11-,12?/m0/s1. The second-order valence-corrected chi connectivity index (χ2v) is 4.67. The number of carbonyl (C=O) groups is 2. The van der Waals surface area contributed by atoms with E-state index in [-0.39, 0.29) is 18.9 Å². The molecule has 20 heavy (non-hydrogen) atoms. The quantitative estimate of drug-likeness (QED) is 0.693. The molecule has 108 valence electrons. The van der Waals surface area contributed by atoms with Gasteiger partial charge in [0.05, 0.1) is 13.2 Å². The minimum absolute atomic E-state index is 0.259. The van der Waals surface area contributed by atoms with Gasteiger partial charge in [-0.1, -0.05) is 30.3 Å². The molecule has 1 aliphatic heterocycles. The molecule has 0 spiro atoms. The molecule has 0 radical (unpaired) electrons. The molecule has 1 aliphatic rings. The maximum atomic E-state index is 12.0. The third-order valence-electron chi connectivity index (χ3n) is 3.14. The van der Waals surface area contributed by atoms with E-state index in [2.05, 4.69) is 10.6 Å². The van der Waals surface area contributed by atoms with E-state index in [4.69, 9.17) is 4.74 Å². The number of carboxylic acid groups (broad SMARTS) is 1. The van der Waals surface area contributed by atoms with Gasteiger partial charge in [-0.25, -0.2) is 4.79 Å². The van der Waals surface area contributed by atoms with E-state index >= 15 is 0 Å². The zero-order valence-corrected chi connectivity index (χ0v) is 11.0. The minimum Gasteiger partial charge on any atom is -0.480 e. The second-order valence-electron chi connectivity index (χ2n) is 4.67. The Morgan fingerprint density at radius 3 is 2.75 bits per heavy atom. The summed E-state index contributed by atoms with van der Waals surface area (Å²) in [6.45, 7) is 1.42. The lowest BCUT2D eigenvalue weighted by Gasteiger charge is -2.24. The van der Waals surface area contributed by atoms with Crippen LogP contribution < -0.4 is 10.6 Å². The number of hydrogen-bond donors (Lipinski definition) is 3. The van der Waals surface area contributed by atoms with Gasteiger partial charge in [0.15, 0.2) is 0 Å². The summed E-state index contributed by atoms with van der Waals surface area (Å²) in [5, 5.41) is 14.8. The molecule has 0 bridgehead atoms. The molecule has 1 aromatic carbocycles. The third kappa shape index (κ3) is 4.04. The Hall–Kier alpha value is -1.92. The fourth-order valence-corrected chi connectivity index (χ4v) is 2.06. The Labute approximate surface area is 117 Å². The van der Waals surface area contributed by atoms with E-state index in [0.29, 0.717) is 13.2 Å². The van der Waals surface area contributed by atoms with Crippen molar-refractivity contribution < 1.29 is 19.4 Å². The summed E-state index contributed by atoms with van der Waals surface area (Å²) in [6.07, 6.45) is 0.259. The van der Waals surface area contributed by atoms with E-state index in [9.17, 15) is 14.7 Å². The van der Waals surface area contributed by atoms with Crippen LogP contribution in [0.5, 0.6) is 0 Å². The summed E-state index contributed by atoms with van der Waals surface area (Å²) in [7, 11) is 0. The van der Waals surface area contributed by atoms with Crippen molar-refractivity contribution in [3.05, 3.63) is 35.9 Å². The van der Waals surface area contributed by atoms with Gasteiger partial charge >= 0.3 is 5.97 Å². The predicted octanol–water partition coefficient (Wildman–Crippen LogP) is -0.213. The molecule has 3 N–H and O–H groups in total. The molecule has 1 saturated heterocycles. The lowest BCUT2D eigenvalue weighted by atomic mass is 10.1. The Morgan fingerprint density at radius 1 is 1.40 bits per heavy atom. The van der Waals surface area contributed by atoms with Crippen molar-refractivity contribution in [3.8, 4) is 0 Å². The Kier molecular flexibility index (Phi) is 5.09. The summed E-state index contributed by atoms with van der Waals surface area (Å²) in [5.74, 6) is -1.38. The van der Waals surface area contributed by atoms with Crippen LogP contribution in [0.3, 0.4) is 0 Å². The number of ether oxygens (including phenoxy) is 1. The average Bonchev–Trinajstić information content (AvgIpc) is 2.48. The minimum atomic E-state index is -1.04. The van der Waals surface area contributed by atoms with Crippen molar-refractivity contribution in [2.24, 2.45) is 0 Å². The van der Waals surface area contributed by atoms with E-state index < -0.39 is 18.1 Å². The van der Waals surface area contributed by atoms with Crippen LogP contribution in [-0.2, 0) is 20.7 Å². The van der Waals surface area contributed by atoms with E-state index in [1.807, 2.05) is 30.3 Å². The summed E-state index contributed by atoms with van der Waals surface area (Å²) in [6, 6.07) is 7.80. The molecule has 6 nitrogen and oxygen atoms in total. The normalized spacial score (nSPS) is 20.1. The van der Waals surface area contributed by atoms with Crippen LogP contribution in [0.25, 0.3) is 0 Å². The average molecular weight is 278 g/mol. The van der Waals surface area contributed by atoms with Crippen LogP contribution >= 0.6 is 0 Å². The van der Waals surface area contributed by atoms with E-state index in [1.165, 1.54) is 0 Å². The maximum Gasteiger partial charge on any atom is 0.326 e. The number of nitrogens with one attached hydrogen (secondary N) is 2. The number of carboxylic acids is 1. The Morgan fingerprint density at radius 2 is 2.15 bits per heavy atom. The van der Waals surface area contributed by atoms with Gasteiger partial charge in [0.1, 0.15) is 12.1 Å². The smallest absolute Gasteiger partial charge is 0.326 e. The first-order chi connectivity index (χ1) is 9.66. The summed E-state index contributed by atoms with van der Waals surface area (Å²) in [4.78, 5) is 23.2. The summed E-state index contributed by atoms with van der Waals surface area (Å²) in [5.41, 5.74) is 0.869. The molecule has 2 atom stereocenters. The van der Waals surface area contributed by atoms with Gasteiger partial charge in [-0.2, -0.15) is 0 Å². The zero-order chi connectivity index (χ0) is 14.4. The number of amides is 1. The molecule has 0 saturated carbocycles. The number of benzene rings is 1. The molecule has 6 heteroatoms. The van der Waals surface area contributed by atoms with Gasteiger partial charge in [0.25, 0.3) is 0 Å². The largest absolute Gasteiger partial charge is 0.480 e. The van der Waals surface area contributed by atoms with Crippen molar-refractivity contribution in [1.82, 2.24) is 10.6 Å². The van der Waals surface area contributed by atoms with Crippen molar-refractivity contribution in [3.63, 3.8) is 0 Å². The van der Waals surface area contributed by atoms with Crippen LogP contribution in [0.2, 0.25) is 0 Å². The number of rotatable bonds is 5. The lowest BCUT2D eigenvalue weighted by Crippen LogP contribution is -2.55. The van der Waals surface area contributed by atoms with E-state index in [0.717, 1.165) is 5.56 Å². The SMILES string of the molecule is O=C(N[C@@H](Cc1ccccc1)C(=O)O)C1COCCN1. The van der Waals surface area contributed by atoms with Crippen LogP contribution in [0.4, 0.5) is 0 Å². The number of hydrogen-bond acceptors (Lipinski definition) is 4.